The van der Waals surface area contributed by atoms with Crippen molar-refractivity contribution in [3.8, 4) is 0 Å². The van der Waals surface area contributed by atoms with Crippen molar-refractivity contribution in [3.63, 3.8) is 0 Å². The molecule has 0 radical (unpaired) electrons. The minimum absolute atomic E-state index is 0.302. The summed E-state index contributed by atoms with van der Waals surface area (Å²) in [5, 5.41) is 17.1. The smallest absolute Gasteiger partial charge is 0.282 e. The molecule has 0 aromatic carbocycles. The lowest BCUT2D eigenvalue weighted by molar-refractivity contribution is -0.00361. The van der Waals surface area contributed by atoms with Crippen LogP contribution in [0.15, 0.2) is 0 Å². The molecule has 1 unspecified atom stereocenters. The Morgan fingerprint density at radius 2 is 2.38 bits per heavy atom. The Kier molecular flexibility index (Phi) is 1.22. The van der Waals surface area contributed by atoms with E-state index in [1.807, 2.05) is 0 Å². The van der Waals surface area contributed by atoms with Crippen molar-refractivity contribution in [2.75, 3.05) is 6.61 Å². The third kappa shape index (κ3) is 0.816. The van der Waals surface area contributed by atoms with E-state index in [1.165, 1.54) is 0 Å². The molecule has 1 fully saturated rings. The molecular formula is C3H8N2O3. The Bertz CT molecular complexity index is 92.5. The highest BCUT2D eigenvalue weighted by Gasteiger charge is 2.48. The summed E-state index contributed by atoms with van der Waals surface area (Å²) >= 11 is 0. The molecule has 0 aromatic rings. The van der Waals surface area contributed by atoms with Crippen LogP contribution in [0.3, 0.4) is 0 Å². The van der Waals surface area contributed by atoms with Crippen LogP contribution in [-0.4, -0.2) is 28.8 Å². The van der Waals surface area contributed by atoms with Gasteiger partial charge in [-0.15, -0.1) is 5.48 Å². The Balaban J connectivity index is 2.34. The Hall–Kier alpha value is -0.200. The molecule has 0 aromatic heterocycles. The second-order valence-corrected chi connectivity index (χ2v) is 1.69. The summed E-state index contributed by atoms with van der Waals surface area (Å²) in [6.07, 6.45) is 0. The first-order valence-electron chi connectivity index (χ1n) is 2.23. The van der Waals surface area contributed by atoms with E-state index in [4.69, 9.17) is 15.9 Å². The number of hydroxylamine groups is 1. The molecular weight excluding hydrogens is 112 g/mol. The topological polar surface area (TPSA) is 101 Å². The fraction of sp³-hybridized carbons (Fsp3) is 1.00. The summed E-state index contributed by atoms with van der Waals surface area (Å²) < 4.78 is 0. The van der Waals surface area contributed by atoms with E-state index >= 15 is 0 Å². The zero-order chi connectivity index (χ0) is 6.20. The van der Waals surface area contributed by atoms with Gasteiger partial charge in [-0.05, 0) is 0 Å². The van der Waals surface area contributed by atoms with Gasteiger partial charge in [0.15, 0.2) is 0 Å². The maximum Gasteiger partial charge on any atom is 0.282 e. The molecule has 8 heavy (non-hydrogen) atoms. The minimum atomic E-state index is -1.46. The van der Waals surface area contributed by atoms with Crippen LogP contribution in [0.25, 0.3) is 0 Å². The lowest BCUT2D eigenvalue weighted by atomic mass is 10.3. The molecule has 0 amide bonds. The number of hydrogen-bond acceptors (Lipinski definition) is 5. The normalized spacial score (nSPS) is 39.4. The molecule has 1 aliphatic rings. The van der Waals surface area contributed by atoms with Crippen LogP contribution < -0.4 is 11.2 Å². The van der Waals surface area contributed by atoms with Crippen molar-refractivity contribution in [2.45, 2.75) is 12.0 Å². The molecule has 1 rings (SSSR count). The van der Waals surface area contributed by atoms with Crippen LogP contribution in [0, 0.1) is 0 Å². The summed E-state index contributed by atoms with van der Waals surface area (Å²) in [6.45, 7) is -0.302. The van der Waals surface area contributed by atoms with Gasteiger partial charge < -0.3 is 15.9 Å². The van der Waals surface area contributed by atoms with Crippen molar-refractivity contribution in [1.29, 1.82) is 0 Å². The average molecular weight is 120 g/mol. The number of aliphatic hydroxyl groups is 2. The molecule has 5 N–H and O–H groups in total. The van der Waals surface area contributed by atoms with Crippen molar-refractivity contribution >= 4 is 0 Å². The van der Waals surface area contributed by atoms with E-state index in [0.29, 0.717) is 0 Å². The van der Waals surface area contributed by atoms with E-state index in [2.05, 4.69) is 10.3 Å². The second kappa shape index (κ2) is 1.64. The zero-order valence-corrected chi connectivity index (χ0v) is 4.16. The van der Waals surface area contributed by atoms with Gasteiger partial charge in [-0.2, -0.15) is 0 Å². The third-order valence-corrected chi connectivity index (χ3v) is 1.01. The SMILES string of the molecule is N[C@@H](CO)C1(O)NO1. The van der Waals surface area contributed by atoms with Gasteiger partial charge >= 0.3 is 0 Å². The van der Waals surface area contributed by atoms with Gasteiger partial charge in [0, 0.05) is 0 Å². The van der Waals surface area contributed by atoms with Gasteiger partial charge in [0.05, 0.1) is 6.61 Å². The molecule has 0 bridgehead atoms. The summed E-state index contributed by atoms with van der Waals surface area (Å²) in [7, 11) is 0. The van der Waals surface area contributed by atoms with Crippen molar-refractivity contribution in [3.05, 3.63) is 0 Å². The van der Waals surface area contributed by atoms with Gasteiger partial charge in [-0.1, -0.05) is 0 Å². The van der Waals surface area contributed by atoms with Crippen molar-refractivity contribution < 1.29 is 15.1 Å². The van der Waals surface area contributed by atoms with Crippen LogP contribution in [0.1, 0.15) is 0 Å². The Morgan fingerprint density at radius 3 is 2.50 bits per heavy atom. The maximum absolute atomic E-state index is 8.78. The quantitative estimate of drug-likeness (QED) is 0.301. The van der Waals surface area contributed by atoms with E-state index < -0.39 is 12.0 Å². The molecule has 0 spiro atoms. The number of hydrogen-bond donors (Lipinski definition) is 4. The molecule has 5 nitrogen and oxygen atoms in total. The van der Waals surface area contributed by atoms with Gasteiger partial charge in [0.25, 0.3) is 5.91 Å². The van der Waals surface area contributed by atoms with Crippen LogP contribution in [0.2, 0.25) is 0 Å². The lowest BCUT2D eigenvalue weighted by Crippen LogP contribution is -2.42. The van der Waals surface area contributed by atoms with Crippen LogP contribution in [0.5, 0.6) is 0 Å². The lowest BCUT2D eigenvalue weighted by Gasteiger charge is -2.06. The van der Waals surface area contributed by atoms with E-state index in [1.54, 1.807) is 0 Å². The fourth-order valence-corrected chi connectivity index (χ4v) is 0.327. The predicted octanol–water partition coefficient (Wildman–Crippen LogP) is -2.51. The summed E-state index contributed by atoms with van der Waals surface area (Å²) in [5.41, 5.74) is 7.26. The number of rotatable bonds is 2. The summed E-state index contributed by atoms with van der Waals surface area (Å²) in [4.78, 5) is 4.27. The highest BCUT2D eigenvalue weighted by molar-refractivity contribution is 4.81. The van der Waals surface area contributed by atoms with Crippen LogP contribution in [0.4, 0.5) is 0 Å². The van der Waals surface area contributed by atoms with Gasteiger partial charge in [-0.3, -0.25) is 0 Å². The van der Waals surface area contributed by atoms with E-state index in [-0.39, 0.29) is 6.61 Å². The second-order valence-electron chi connectivity index (χ2n) is 1.69. The monoisotopic (exact) mass is 120 g/mol. The first kappa shape index (κ1) is 5.93. The zero-order valence-electron chi connectivity index (χ0n) is 4.16. The molecule has 0 aliphatic carbocycles. The van der Waals surface area contributed by atoms with Gasteiger partial charge in [0.2, 0.25) is 0 Å². The standard InChI is InChI=1S/C3H8N2O3/c4-2(1-6)3(7)5-8-3/h2,5-7H,1,4H2/t2-,3?/m0/s1. The molecule has 0 saturated carbocycles. The van der Waals surface area contributed by atoms with E-state index in [9.17, 15) is 0 Å². The Labute approximate surface area is 46.0 Å². The molecule has 1 saturated heterocycles. The summed E-state index contributed by atoms with van der Waals surface area (Å²) in [5.74, 6) is -1.46. The largest absolute Gasteiger partial charge is 0.394 e. The molecule has 2 atom stereocenters. The van der Waals surface area contributed by atoms with Crippen LogP contribution >= 0.6 is 0 Å². The minimum Gasteiger partial charge on any atom is -0.394 e. The number of nitrogens with one attached hydrogen (secondary N) is 1. The molecule has 1 aliphatic heterocycles. The Morgan fingerprint density at radius 1 is 1.88 bits per heavy atom. The molecule has 48 valence electrons. The van der Waals surface area contributed by atoms with Gasteiger partial charge in [0.1, 0.15) is 6.04 Å². The predicted molar refractivity (Wildman–Crippen MR) is 24.2 cm³/mol. The van der Waals surface area contributed by atoms with E-state index in [0.717, 1.165) is 0 Å². The third-order valence-electron chi connectivity index (χ3n) is 1.01. The van der Waals surface area contributed by atoms with Crippen molar-refractivity contribution in [2.24, 2.45) is 5.73 Å². The number of nitrogens with two attached hydrogens (primary N) is 1. The van der Waals surface area contributed by atoms with Crippen LogP contribution in [-0.2, 0) is 4.84 Å². The molecule has 1 heterocycles. The first-order chi connectivity index (χ1) is 3.69. The number of aliphatic hydroxyl groups excluding tert-OH is 1. The molecule has 5 heteroatoms. The van der Waals surface area contributed by atoms with Gasteiger partial charge in [-0.25, -0.2) is 4.84 Å². The first-order valence-corrected chi connectivity index (χ1v) is 2.23. The maximum atomic E-state index is 8.78. The highest BCUT2D eigenvalue weighted by atomic mass is 16.9. The van der Waals surface area contributed by atoms with Crippen molar-refractivity contribution in [1.82, 2.24) is 5.48 Å². The fourth-order valence-electron chi connectivity index (χ4n) is 0.327. The average Bonchev–Trinajstić information content (AvgIpc) is 2.47. The highest BCUT2D eigenvalue weighted by Crippen LogP contribution is 2.17. The summed E-state index contributed by atoms with van der Waals surface area (Å²) in [6, 6.07) is -0.762.